The first-order chi connectivity index (χ1) is 12.2. The van der Waals surface area contributed by atoms with Crippen LogP contribution in [0.15, 0.2) is 65.0 Å². The van der Waals surface area contributed by atoms with Crippen LogP contribution in [0.2, 0.25) is 0 Å². The molecule has 0 aliphatic rings. The van der Waals surface area contributed by atoms with Gasteiger partial charge in [0.1, 0.15) is 0 Å². The van der Waals surface area contributed by atoms with Crippen LogP contribution in [-0.4, -0.2) is 21.9 Å². The molecule has 2 aromatic carbocycles. The lowest BCUT2D eigenvalue weighted by Gasteiger charge is -2.01. The van der Waals surface area contributed by atoms with Crippen LogP contribution in [-0.2, 0) is 0 Å². The molecule has 25 heavy (non-hydrogen) atoms. The molecule has 0 aliphatic heterocycles. The number of hydrogen-bond donors (Lipinski definition) is 1. The molecule has 6 heteroatoms. The van der Waals surface area contributed by atoms with Crippen LogP contribution in [0.5, 0.6) is 0 Å². The highest BCUT2D eigenvalue weighted by atomic mass is 32.2. The number of hydrogen-bond acceptors (Lipinski definition) is 5. The number of carbonyl (C=O) groups is 1. The zero-order chi connectivity index (χ0) is 17.5. The van der Waals surface area contributed by atoms with E-state index in [1.165, 1.54) is 16.9 Å². The van der Waals surface area contributed by atoms with Crippen LogP contribution in [0.1, 0.15) is 21.5 Å². The molecule has 3 rings (SSSR count). The summed E-state index contributed by atoms with van der Waals surface area (Å²) in [5, 5.41) is 11.4. The largest absolute Gasteiger partial charge is 0.296 e. The maximum absolute atomic E-state index is 12.2. The number of amides is 1. The molecular formula is C19H17N3OS2. The Hall–Kier alpha value is -2.44. The molecule has 0 fully saturated rings. The van der Waals surface area contributed by atoms with Crippen molar-refractivity contribution in [3.05, 3.63) is 77.4 Å². The second-order valence-corrected chi connectivity index (χ2v) is 7.56. The van der Waals surface area contributed by atoms with Gasteiger partial charge in [-0.3, -0.25) is 10.1 Å². The first kappa shape index (κ1) is 17.4. The summed E-state index contributed by atoms with van der Waals surface area (Å²) in [5.74, 6) is 0.631. The second kappa shape index (κ2) is 8.60. The van der Waals surface area contributed by atoms with Crippen molar-refractivity contribution >= 4 is 40.2 Å². The lowest BCUT2D eigenvalue weighted by molar-refractivity contribution is 0.102. The zero-order valence-electron chi connectivity index (χ0n) is 13.7. The Morgan fingerprint density at radius 3 is 2.64 bits per heavy atom. The van der Waals surface area contributed by atoms with E-state index in [1.807, 2.05) is 37.3 Å². The fourth-order valence-electron chi connectivity index (χ4n) is 2.06. The first-order valence-corrected chi connectivity index (χ1v) is 9.57. The van der Waals surface area contributed by atoms with Gasteiger partial charge >= 0.3 is 0 Å². The number of nitrogens with zero attached hydrogens (tertiary/aromatic N) is 2. The number of thioether (sulfide) groups is 1. The van der Waals surface area contributed by atoms with Crippen LogP contribution in [0.4, 0.5) is 5.13 Å². The number of benzene rings is 2. The average Bonchev–Trinajstić information content (AvgIpc) is 3.07. The monoisotopic (exact) mass is 367 g/mol. The number of aromatic nitrogens is 2. The van der Waals surface area contributed by atoms with Crippen LogP contribution in [0, 0.1) is 6.92 Å². The predicted molar refractivity (Wildman–Crippen MR) is 105 cm³/mol. The molecule has 0 unspecified atom stereocenters. The summed E-state index contributed by atoms with van der Waals surface area (Å²) in [7, 11) is 0. The molecule has 1 heterocycles. The summed E-state index contributed by atoms with van der Waals surface area (Å²) in [6.07, 6.45) is 4.17. The van der Waals surface area contributed by atoms with Gasteiger partial charge in [-0.25, -0.2) is 0 Å². The van der Waals surface area contributed by atoms with Crippen molar-refractivity contribution in [1.82, 2.24) is 10.2 Å². The topological polar surface area (TPSA) is 54.9 Å². The Morgan fingerprint density at radius 1 is 1.12 bits per heavy atom. The number of carbonyl (C=O) groups excluding carboxylic acids is 1. The van der Waals surface area contributed by atoms with Gasteiger partial charge in [0.15, 0.2) is 4.34 Å². The molecule has 0 aliphatic carbocycles. The van der Waals surface area contributed by atoms with E-state index in [1.54, 1.807) is 23.9 Å². The molecule has 3 aromatic rings. The van der Waals surface area contributed by atoms with Crippen molar-refractivity contribution in [2.24, 2.45) is 0 Å². The summed E-state index contributed by atoms with van der Waals surface area (Å²) in [6, 6.07) is 17.6. The highest BCUT2D eigenvalue weighted by molar-refractivity contribution is 8.01. The van der Waals surface area contributed by atoms with Crippen LogP contribution in [0.3, 0.4) is 0 Å². The number of nitrogens with one attached hydrogen (secondary N) is 1. The molecule has 1 N–H and O–H groups in total. The SMILES string of the molecule is Cc1ccc(C(=O)Nc2nnc(SC/C=C/c3ccccc3)s2)cc1. The lowest BCUT2D eigenvalue weighted by atomic mass is 10.1. The highest BCUT2D eigenvalue weighted by Gasteiger charge is 2.10. The van der Waals surface area contributed by atoms with E-state index in [0.717, 1.165) is 15.7 Å². The minimum absolute atomic E-state index is 0.170. The van der Waals surface area contributed by atoms with E-state index in [-0.39, 0.29) is 5.91 Å². The summed E-state index contributed by atoms with van der Waals surface area (Å²) in [5.41, 5.74) is 2.90. The fraction of sp³-hybridized carbons (Fsp3) is 0.105. The molecule has 0 spiro atoms. The lowest BCUT2D eigenvalue weighted by Crippen LogP contribution is -2.11. The van der Waals surface area contributed by atoms with Crippen LogP contribution < -0.4 is 5.32 Å². The Morgan fingerprint density at radius 2 is 1.88 bits per heavy atom. The molecule has 0 atom stereocenters. The predicted octanol–water partition coefficient (Wildman–Crippen LogP) is 4.90. The molecule has 126 valence electrons. The number of anilines is 1. The fourth-order valence-corrected chi connectivity index (χ4v) is 3.64. The van der Waals surface area contributed by atoms with Gasteiger partial charge in [-0.05, 0) is 24.6 Å². The third-order valence-electron chi connectivity index (χ3n) is 3.35. The normalized spacial score (nSPS) is 10.9. The molecule has 1 aromatic heterocycles. The standard InChI is InChI=1S/C19H17N3OS2/c1-14-9-11-16(12-10-14)17(23)20-18-21-22-19(25-18)24-13-5-8-15-6-3-2-4-7-15/h2-12H,13H2,1H3,(H,20,21,23)/b8-5+. The molecule has 0 saturated carbocycles. The van der Waals surface area contributed by atoms with E-state index in [0.29, 0.717) is 10.7 Å². The van der Waals surface area contributed by atoms with Crippen molar-refractivity contribution in [2.75, 3.05) is 11.1 Å². The zero-order valence-corrected chi connectivity index (χ0v) is 15.3. The Bertz CT molecular complexity index is 858. The van der Waals surface area contributed by atoms with Gasteiger partial charge in [-0.1, -0.05) is 83.3 Å². The smallest absolute Gasteiger partial charge is 0.257 e. The van der Waals surface area contributed by atoms with Gasteiger partial charge in [0.2, 0.25) is 5.13 Å². The van der Waals surface area contributed by atoms with E-state index in [9.17, 15) is 4.79 Å². The van der Waals surface area contributed by atoms with E-state index < -0.39 is 0 Å². The van der Waals surface area contributed by atoms with Crippen LogP contribution >= 0.6 is 23.1 Å². The number of aryl methyl sites for hydroxylation is 1. The van der Waals surface area contributed by atoms with Gasteiger partial charge in [0, 0.05) is 11.3 Å². The van der Waals surface area contributed by atoms with Crippen LogP contribution in [0.25, 0.3) is 6.08 Å². The van der Waals surface area contributed by atoms with E-state index in [2.05, 4.69) is 39.8 Å². The Kier molecular flexibility index (Phi) is 5.98. The summed E-state index contributed by atoms with van der Waals surface area (Å²) < 4.78 is 0.830. The highest BCUT2D eigenvalue weighted by Crippen LogP contribution is 2.26. The third kappa shape index (κ3) is 5.27. The van der Waals surface area contributed by atoms with Crippen molar-refractivity contribution in [1.29, 1.82) is 0 Å². The summed E-state index contributed by atoms with van der Waals surface area (Å²) >= 11 is 2.97. The molecule has 0 radical (unpaired) electrons. The van der Waals surface area contributed by atoms with Crippen molar-refractivity contribution in [3.63, 3.8) is 0 Å². The molecule has 0 saturated heterocycles. The van der Waals surface area contributed by atoms with E-state index >= 15 is 0 Å². The van der Waals surface area contributed by atoms with Gasteiger partial charge in [-0.15, -0.1) is 10.2 Å². The minimum Gasteiger partial charge on any atom is -0.296 e. The van der Waals surface area contributed by atoms with Crippen molar-refractivity contribution in [2.45, 2.75) is 11.3 Å². The van der Waals surface area contributed by atoms with E-state index in [4.69, 9.17) is 0 Å². The first-order valence-electron chi connectivity index (χ1n) is 7.76. The van der Waals surface area contributed by atoms with Gasteiger partial charge in [0.05, 0.1) is 0 Å². The quantitative estimate of drug-likeness (QED) is 0.497. The molecule has 0 bridgehead atoms. The Balaban J connectivity index is 1.51. The van der Waals surface area contributed by atoms with Gasteiger partial charge in [0.25, 0.3) is 5.91 Å². The minimum atomic E-state index is -0.170. The summed E-state index contributed by atoms with van der Waals surface area (Å²) in [6.45, 7) is 1.99. The average molecular weight is 367 g/mol. The van der Waals surface area contributed by atoms with Crippen molar-refractivity contribution < 1.29 is 4.79 Å². The maximum atomic E-state index is 12.2. The van der Waals surface area contributed by atoms with Crippen molar-refractivity contribution in [3.8, 4) is 0 Å². The molecule has 4 nitrogen and oxygen atoms in total. The second-order valence-electron chi connectivity index (χ2n) is 5.32. The number of rotatable bonds is 6. The summed E-state index contributed by atoms with van der Waals surface area (Å²) in [4.78, 5) is 12.2. The third-order valence-corrected chi connectivity index (χ3v) is 5.28. The van der Waals surface area contributed by atoms with Gasteiger partial charge < -0.3 is 0 Å². The maximum Gasteiger partial charge on any atom is 0.257 e. The molecule has 1 amide bonds. The Labute approximate surface area is 155 Å². The molecular weight excluding hydrogens is 350 g/mol. The van der Waals surface area contributed by atoms with Gasteiger partial charge in [-0.2, -0.15) is 0 Å².